The molecule has 5 heteroatoms. The fourth-order valence-electron chi connectivity index (χ4n) is 1.88. The van der Waals surface area contributed by atoms with Crippen LogP contribution in [-0.4, -0.2) is 20.3 Å². The summed E-state index contributed by atoms with van der Waals surface area (Å²) in [6.07, 6.45) is 0. The average molecular weight is 347 g/mol. The van der Waals surface area contributed by atoms with Crippen LogP contribution in [0.2, 0.25) is 0 Å². The van der Waals surface area contributed by atoms with E-state index in [-0.39, 0.29) is 0 Å². The second kappa shape index (κ2) is 7.55. The minimum absolute atomic E-state index is 0.485. The highest BCUT2D eigenvalue weighted by atomic mass is 79.9. The maximum Gasteiger partial charge on any atom is 0.143 e. The molecule has 0 fully saturated rings. The molecule has 0 radical (unpaired) electrons. The highest BCUT2D eigenvalue weighted by molar-refractivity contribution is 9.10. The summed E-state index contributed by atoms with van der Waals surface area (Å²) in [5.41, 5.74) is 1.25. The van der Waals surface area contributed by atoms with E-state index in [4.69, 9.17) is 14.7 Å². The molecule has 0 atom stereocenters. The Balaban J connectivity index is 1.93. The van der Waals surface area contributed by atoms with Gasteiger partial charge in [0.25, 0.3) is 0 Å². The summed E-state index contributed by atoms with van der Waals surface area (Å²) in [4.78, 5) is 0. The molecule has 0 spiro atoms. The molecule has 0 aromatic heterocycles. The van der Waals surface area contributed by atoms with Gasteiger partial charge in [-0.3, -0.25) is 0 Å². The van der Waals surface area contributed by atoms with E-state index in [1.165, 1.54) is 0 Å². The van der Waals surface area contributed by atoms with Crippen LogP contribution >= 0.6 is 15.9 Å². The summed E-state index contributed by atoms with van der Waals surface area (Å²) < 4.78 is 11.9. The third-order valence-electron chi connectivity index (χ3n) is 2.84. The SMILES string of the molecule is COc1cccc(C#N)c1NCCOc1cccc(Br)c1. The van der Waals surface area contributed by atoms with Gasteiger partial charge in [-0.05, 0) is 30.3 Å². The van der Waals surface area contributed by atoms with E-state index in [1.54, 1.807) is 19.2 Å². The van der Waals surface area contributed by atoms with Crippen molar-refractivity contribution in [3.63, 3.8) is 0 Å². The Morgan fingerprint density at radius 3 is 2.76 bits per heavy atom. The summed E-state index contributed by atoms with van der Waals surface area (Å²) in [5, 5.41) is 12.3. The summed E-state index contributed by atoms with van der Waals surface area (Å²) in [7, 11) is 1.58. The van der Waals surface area contributed by atoms with E-state index < -0.39 is 0 Å². The van der Waals surface area contributed by atoms with Gasteiger partial charge in [-0.25, -0.2) is 0 Å². The highest BCUT2D eigenvalue weighted by Crippen LogP contribution is 2.27. The van der Waals surface area contributed by atoms with Crippen molar-refractivity contribution in [1.82, 2.24) is 0 Å². The molecule has 0 aliphatic carbocycles. The Morgan fingerprint density at radius 1 is 1.24 bits per heavy atom. The molecule has 0 amide bonds. The van der Waals surface area contributed by atoms with E-state index >= 15 is 0 Å². The number of ether oxygens (including phenoxy) is 2. The summed E-state index contributed by atoms with van der Waals surface area (Å²) in [6.45, 7) is 1.06. The first-order chi connectivity index (χ1) is 10.2. The number of hydrogen-bond donors (Lipinski definition) is 1. The van der Waals surface area contributed by atoms with Gasteiger partial charge in [0.15, 0.2) is 0 Å². The number of para-hydroxylation sites is 1. The maximum atomic E-state index is 9.12. The molecule has 2 aromatic carbocycles. The molecule has 4 nitrogen and oxygen atoms in total. The van der Waals surface area contributed by atoms with Gasteiger partial charge in [-0.1, -0.05) is 28.1 Å². The molecule has 21 heavy (non-hydrogen) atoms. The van der Waals surface area contributed by atoms with Crippen molar-refractivity contribution in [3.8, 4) is 17.6 Å². The third-order valence-corrected chi connectivity index (χ3v) is 3.33. The number of nitriles is 1. The predicted molar refractivity (Wildman–Crippen MR) is 85.8 cm³/mol. The molecule has 0 aliphatic rings. The number of anilines is 1. The Hall–Kier alpha value is -2.19. The second-order valence-corrected chi connectivity index (χ2v) is 5.14. The number of methoxy groups -OCH3 is 1. The number of nitrogens with zero attached hydrogens (tertiary/aromatic N) is 1. The van der Waals surface area contributed by atoms with Crippen molar-refractivity contribution >= 4 is 21.6 Å². The summed E-state index contributed by atoms with van der Waals surface area (Å²) in [6, 6.07) is 15.2. The molecule has 2 rings (SSSR count). The van der Waals surface area contributed by atoms with Crippen LogP contribution in [-0.2, 0) is 0 Å². The van der Waals surface area contributed by atoms with Crippen molar-refractivity contribution in [2.75, 3.05) is 25.6 Å². The minimum Gasteiger partial charge on any atom is -0.495 e. The normalized spacial score (nSPS) is 9.76. The highest BCUT2D eigenvalue weighted by Gasteiger charge is 2.07. The molecule has 0 bridgehead atoms. The number of nitrogens with one attached hydrogen (secondary N) is 1. The van der Waals surface area contributed by atoms with Crippen molar-refractivity contribution in [1.29, 1.82) is 5.26 Å². The molecule has 108 valence electrons. The van der Waals surface area contributed by atoms with Crippen LogP contribution in [0.15, 0.2) is 46.9 Å². The summed E-state index contributed by atoms with van der Waals surface area (Å²) >= 11 is 3.40. The third kappa shape index (κ3) is 4.14. The van der Waals surface area contributed by atoms with E-state index in [0.29, 0.717) is 30.2 Å². The van der Waals surface area contributed by atoms with Crippen LogP contribution in [0.3, 0.4) is 0 Å². The standard InChI is InChI=1S/C16H15BrN2O2/c1-20-15-7-2-4-12(11-18)16(15)19-8-9-21-14-6-3-5-13(17)10-14/h2-7,10,19H,8-9H2,1H3. The molecular weight excluding hydrogens is 332 g/mol. The van der Waals surface area contributed by atoms with Crippen molar-refractivity contribution in [3.05, 3.63) is 52.5 Å². The van der Waals surface area contributed by atoms with Crippen LogP contribution < -0.4 is 14.8 Å². The molecule has 0 aliphatic heterocycles. The number of halogens is 1. The van der Waals surface area contributed by atoms with Crippen LogP contribution in [0.1, 0.15) is 5.56 Å². The van der Waals surface area contributed by atoms with Gasteiger partial charge >= 0.3 is 0 Å². The van der Waals surface area contributed by atoms with Gasteiger partial charge < -0.3 is 14.8 Å². The van der Waals surface area contributed by atoms with E-state index in [2.05, 4.69) is 27.3 Å². The zero-order chi connectivity index (χ0) is 15.1. The Kier molecular flexibility index (Phi) is 5.47. The van der Waals surface area contributed by atoms with Crippen molar-refractivity contribution in [2.24, 2.45) is 0 Å². The fraction of sp³-hybridized carbons (Fsp3) is 0.188. The first-order valence-corrected chi connectivity index (χ1v) is 7.23. The van der Waals surface area contributed by atoms with Crippen molar-refractivity contribution in [2.45, 2.75) is 0 Å². The predicted octanol–water partition coefficient (Wildman–Crippen LogP) is 3.82. The smallest absolute Gasteiger partial charge is 0.143 e. The monoisotopic (exact) mass is 346 g/mol. The Labute approximate surface area is 132 Å². The van der Waals surface area contributed by atoms with E-state index in [1.807, 2.05) is 30.3 Å². The molecule has 0 heterocycles. The zero-order valence-electron chi connectivity index (χ0n) is 11.6. The van der Waals surface area contributed by atoms with Crippen LogP contribution in [0, 0.1) is 11.3 Å². The van der Waals surface area contributed by atoms with Crippen LogP contribution in [0.4, 0.5) is 5.69 Å². The van der Waals surface area contributed by atoms with Gasteiger partial charge in [0.05, 0.1) is 18.4 Å². The van der Waals surface area contributed by atoms with Crippen LogP contribution in [0.25, 0.3) is 0 Å². The van der Waals surface area contributed by atoms with Gasteiger partial charge in [0.2, 0.25) is 0 Å². The molecular formula is C16H15BrN2O2. The van der Waals surface area contributed by atoms with Gasteiger partial charge in [0.1, 0.15) is 24.2 Å². The summed E-state index contributed by atoms with van der Waals surface area (Å²) in [5.74, 6) is 1.45. The average Bonchev–Trinajstić information content (AvgIpc) is 2.51. The Bertz CT molecular complexity index is 653. The van der Waals surface area contributed by atoms with E-state index in [0.717, 1.165) is 10.2 Å². The zero-order valence-corrected chi connectivity index (χ0v) is 13.2. The maximum absolute atomic E-state index is 9.12. The number of benzene rings is 2. The lowest BCUT2D eigenvalue weighted by atomic mass is 10.2. The van der Waals surface area contributed by atoms with Gasteiger partial charge in [-0.2, -0.15) is 5.26 Å². The number of rotatable bonds is 6. The second-order valence-electron chi connectivity index (χ2n) is 4.23. The van der Waals surface area contributed by atoms with Gasteiger partial charge in [-0.15, -0.1) is 0 Å². The lowest BCUT2D eigenvalue weighted by Gasteiger charge is -2.13. The molecule has 2 aromatic rings. The molecule has 0 saturated heterocycles. The molecule has 0 unspecified atom stereocenters. The Morgan fingerprint density at radius 2 is 2.05 bits per heavy atom. The van der Waals surface area contributed by atoms with E-state index in [9.17, 15) is 0 Å². The largest absolute Gasteiger partial charge is 0.495 e. The lowest BCUT2D eigenvalue weighted by Crippen LogP contribution is -2.13. The topological polar surface area (TPSA) is 54.3 Å². The minimum atomic E-state index is 0.485. The lowest BCUT2D eigenvalue weighted by molar-refractivity contribution is 0.332. The van der Waals surface area contributed by atoms with Gasteiger partial charge in [0, 0.05) is 11.0 Å². The molecule has 1 N–H and O–H groups in total. The van der Waals surface area contributed by atoms with Crippen molar-refractivity contribution < 1.29 is 9.47 Å². The number of hydrogen-bond acceptors (Lipinski definition) is 4. The van der Waals surface area contributed by atoms with Crippen LogP contribution in [0.5, 0.6) is 11.5 Å². The quantitative estimate of drug-likeness (QED) is 0.807. The first kappa shape index (κ1) is 15.2. The fourth-order valence-corrected chi connectivity index (χ4v) is 2.26. The molecule has 0 saturated carbocycles. The first-order valence-electron chi connectivity index (χ1n) is 6.44.